The van der Waals surface area contributed by atoms with E-state index in [0.29, 0.717) is 6.41 Å². The zero-order chi connectivity index (χ0) is 8.53. The van der Waals surface area contributed by atoms with Gasteiger partial charge in [0.1, 0.15) is 0 Å². The van der Waals surface area contributed by atoms with Gasteiger partial charge in [0.05, 0.1) is 0 Å². The Kier molecular flexibility index (Phi) is 6.39. The SMILES string of the molecule is CC/C=C\C(=C/NC=O)CC. The van der Waals surface area contributed by atoms with Crippen LogP contribution >= 0.6 is 0 Å². The Morgan fingerprint density at radius 1 is 1.45 bits per heavy atom. The molecule has 2 nitrogen and oxygen atoms in total. The number of carbonyl (C=O) groups excluding carboxylic acids is 1. The van der Waals surface area contributed by atoms with Gasteiger partial charge in [-0.1, -0.05) is 26.0 Å². The molecule has 1 amide bonds. The molecule has 2 heteroatoms. The molecule has 0 rings (SSSR count). The highest BCUT2D eigenvalue weighted by atomic mass is 16.1. The van der Waals surface area contributed by atoms with E-state index in [1.807, 2.05) is 6.08 Å². The first-order valence-corrected chi connectivity index (χ1v) is 3.90. The van der Waals surface area contributed by atoms with E-state index >= 15 is 0 Å². The molecular formula is C9H15NO. The van der Waals surface area contributed by atoms with E-state index < -0.39 is 0 Å². The van der Waals surface area contributed by atoms with Crippen molar-refractivity contribution in [2.45, 2.75) is 26.7 Å². The number of hydrogen-bond donors (Lipinski definition) is 1. The molecule has 0 aromatic carbocycles. The Bertz CT molecular complexity index is 159. The van der Waals surface area contributed by atoms with Crippen LogP contribution in [0.1, 0.15) is 26.7 Å². The maximum atomic E-state index is 9.92. The minimum Gasteiger partial charge on any atom is -0.335 e. The molecule has 0 saturated heterocycles. The molecule has 0 aliphatic rings. The molecule has 0 spiro atoms. The summed E-state index contributed by atoms with van der Waals surface area (Å²) in [5.41, 5.74) is 1.14. The smallest absolute Gasteiger partial charge is 0.211 e. The van der Waals surface area contributed by atoms with Crippen LogP contribution in [0.3, 0.4) is 0 Å². The third kappa shape index (κ3) is 5.40. The molecule has 0 heterocycles. The van der Waals surface area contributed by atoms with Gasteiger partial charge in [0.25, 0.3) is 0 Å². The van der Waals surface area contributed by atoms with Crippen molar-refractivity contribution in [1.29, 1.82) is 0 Å². The second-order valence-electron chi connectivity index (χ2n) is 2.17. The van der Waals surface area contributed by atoms with Gasteiger partial charge in [-0.2, -0.15) is 0 Å². The van der Waals surface area contributed by atoms with Crippen molar-refractivity contribution >= 4 is 6.41 Å². The summed E-state index contributed by atoms with van der Waals surface area (Å²) in [6.07, 6.45) is 8.46. The van der Waals surface area contributed by atoms with E-state index in [1.54, 1.807) is 6.20 Å². The largest absolute Gasteiger partial charge is 0.335 e. The van der Waals surface area contributed by atoms with E-state index in [2.05, 4.69) is 25.2 Å². The topological polar surface area (TPSA) is 29.1 Å². The van der Waals surface area contributed by atoms with Crippen LogP contribution in [0.15, 0.2) is 23.9 Å². The Hall–Kier alpha value is -1.05. The number of amides is 1. The Labute approximate surface area is 68.0 Å². The minimum atomic E-state index is 0.676. The van der Waals surface area contributed by atoms with E-state index in [1.165, 1.54) is 0 Å². The monoisotopic (exact) mass is 153 g/mol. The van der Waals surface area contributed by atoms with Crippen LogP contribution in [-0.2, 0) is 4.79 Å². The lowest BCUT2D eigenvalue weighted by molar-refractivity contribution is -0.108. The molecule has 0 radical (unpaired) electrons. The van der Waals surface area contributed by atoms with E-state index in [0.717, 1.165) is 18.4 Å². The van der Waals surface area contributed by atoms with Gasteiger partial charge in [-0.15, -0.1) is 0 Å². The molecule has 0 aliphatic carbocycles. The van der Waals surface area contributed by atoms with E-state index in [-0.39, 0.29) is 0 Å². The Balaban J connectivity index is 3.92. The predicted octanol–water partition coefficient (Wildman–Crippen LogP) is 1.99. The molecule has 0 aliphatic heterocycles. The van der Waals surface area contributed by atoms with Crippen LogP contribution in [0.2, 0.25) is 0 Å². The van der Waals surface area contributed by atoms with Crippen LogP contribution in [0, 0.1) is 0 Å². The van der Waals surface area contributed by atoms with Crippen molar-refractivity contribution < 1.29 is 4.79 Å². The summed E-state index contributed by atoms with van der Waals surface area (Å²) < 4.78 is 0. The second kappa shape index (κ2) is 7.06. The Morgan fingerprint density at radius 2 is 2.18 bits per heavy atom. The second-order valence-corrected chi connectivity index (χ2v) is 2.17. The molecule has 0 fully saturated rings. The van der Waals surface area contributed by atoms with E-state index in [4.69, 9.17) is 0 Å². The van der Waals surface area contributed by atoms with Crippen LogP contribution in [0.5, 0.6) is 0 Å². The summed E-state index contributed by atoms with van der Waals surface area (Å²) in [6, 6.07) is 0. The highest BCUT2D eigenvalue weighted by Gasteiger charge is 1.84. The molecule has 0 aromatic rings. The summed E-state index contributed by atoms with van der Waals surface area (Å²) in [5.74, 6) is 0. The lowest BCUT2D eigenvalue weighted by atomic mass is 10.2. The molecule has 11 heavy (non-hydrogen) atoms. The maximum absolute atomic E-state index is 9.92. The minimum absolute atomic E-state index is 0.676. The zero-order valence-corrected chi connectivity index (χ0v) is 7.13. The van der Waals surface area contributed by atoms with Crippen LogP contribution in [0.25, 0.3) is 0 Å². The fourth-order valence-electron chi connectivity index (χ4n) is 0.678. The van der Waals surface area contributed by atoms with Crippen molar-refractivity contribution in [2.75, 3.05) is 0 Å². The van der Waals surface area contributed by atoms with Crippen molar-refractivity contribution in [1.82, 2.24) is 5.32 Å². The standard InChI is InChI=1S/C9H15NO/c1-3-5-6-9(4-2)7-10-8-11/h5-8H,3-4H2,1-2H3,(H,10,11)/b6-5-,9-7-. The van der Waals surface area contributed by atoms with Gasteiger partial charge in [-0.05, 0) is 18.4 Å². The van der Waals surface area contributed by atoms with Gasteiger partial charge in [0.15, 0.2) is 0 Å². The van der Waals surface area contributed by atoms with Gasteiger partial charge in [-0.3, -0.25) is 4.79 Å². The van der Waals surface area contributed by atoms with Gasteiger partial charge < -0.3 is 5.32 Å². The maximum Gasteiger partial charge on any atom is 0.211 e. The summed E-state index contributed by atoms with van der Waals surface area (Å²) >= 11 is 0. The van der Waals surface area contributed by atoms with Gasteiger partial charge in [-0.25, -0.2) is 0 Å². The fourth-order valence-corrected chi connectivity index (χ4v) is 0.678. The number of rotatable bonds is 5. The average molecular weight is 153 g/mol. The third-order valence-corrected chi connectivity index (χ3v) is 1.31. The first kappa shape index (κ1) is 9.95. The first-order chi connectivity index (χ1) is 5.35. The lowest BCUT2D eigenvalue weighted by Crippen LogP contribution is -2.00. The normalized spacial score (nSPS) is 12.0. The molecule has 0 bridgehead atoms. The van der Waals surface area contributed by atoms with Crippen LogP contribution < -0.4 is 5.32 Å². The number of carbonyl (C=O) groups is 1. The fraction of sp³-hybridized carbons (Fsp3) is 0.444. The van der Waals surface area contributed by atoms with Gasteiger partial charge in [0, 0.05) is 6.20 Å². The van der Waals surface area contributed by atoms with Crippen LogP contribution in [0.4, 0.5) is 0 Å². The first-order valence-electron chi connectivity index (χ1n) is 3.90. The van der Waals surface area contributed by atoms with Gasteiger partial charge in [0.2, 0.25) is 6.41 Å². The Morgan fingerprint density at radius 3 is 2.64 bits per heavy atom. The van der Waals surface area contributed by atoms with Crippen molar-refractivity contribution in [3.05, 3.63) is 23.9 Å². The van der Waals surface area contributed by atoms with Crippen molar-refractivity contribution in [2.24, 2.45) is 0 Å². The molecule has 0 atom stereocenters. The quantitative estimate of drug-likeness (QED) is 0.475. The molecule has 1 N–H and O–H groups in total. The molecule has 0 unspecified atom stereocenters. The summed E-state index contributed by atoms with van der Waals surface area (Å²) in [5, 5.41) is 2.51. The third-order valence-electron chi connectivity index (χ3n) is 1.31. The summed E-state index contributed by atoms with van der Waals surface area (Å²) in [7, 11) is 0. The molecule has 62 valence electrons. The van der Waals surface area contributed by atoms with Crippen LogP contribution in [-0.4, -0.2) is 6.41 Å². The number of hydrogen-bond acceptors (Lipinski definition) is 1. The number of allylic oxidation sites excluding steroid dienone is 3. The molecule has 0 saturated carbocycles. The molecule has 0 aromatic heterocycles. The van der Waals surface area contributed by atoms with E-state index in [9.17, 15) is 4.79 Å². The zero-order valence-electron chi connectivity index (χ0n) is 7.13. The average Bonchev–Trinajstić information content (AvgIpc) is 2.05. The lowest BCUT2D eigenvalue weighted by Gasteiger charge is -1.94. The predicted molar refractivity (Wildman–Crippen MR) is 47.0 cm³/mol. The summed E-state index contributed by atoms with van der Waals surface area (Å²) in [4.78, 5) is 9.92. The van der Waals surface area contributed by atoms with Gasteiger partial charge >= 0.3 is 0 Å². The highest BCUT2D eigenvalue weighted by Crippen LogP contribution is 2.00. The van der Waals surface area contributed by atoms with Crippen molar-refractivity contribution in [3.63, 3.8) is 0 Å². The highest BCUT2D eigenvalue weighted by molar-refractivity contribution is 5.48. The molecular weight excluding hydrogens is 138 g/mol. The van der Waals surface area contributed by atoms with Crippen molar-refractivity contribution in [3.8, 4) is 0 Å². The number of nitrogens with one attached hydrogen (secondary N) is 1. The summed E-state index contributed by atoms with van der Waals surface area (Å²) in [6.45, 7) is 4.13.